The van der Waals surface area contributed by atoms with Gasteiger partial charge in [0.2, 0.25) is 5.91 Å². The molecule has 0 atom stereocenters. The average molecular weight is 340 g/mol. The van der Waals surface area contributed by atoms with Crippen molar-refractivity contribution in [2.24, 2.45) is 0 Å². The zero-order chi connectivity index (χ0) is 14.5. The van der Waals surface area contributed by atoms with Gasteiger partial charge in [-0.05, 0) is 36.6 Å². The third kappa shape index (κ3) is 3.60. The van der Waals surface area contributed by atoms with Crippen molar-refractivity contribution in [2.75, 3.05) is 18.1 Å². The molecule has 1 aromatic rings. The molecule has 0 unspecified atom stereocenters. The molecule has 108 valence electrons. The first-order valence-corrected chi connectivity index (χ1v) is 7.65. The number of esters is 1. The number of nitrogens with zero attached hydrogens (tertiary/aromatic N) is 1. The van der Waals surface area contributed by atoms with Crippen LogP contribution in [0.15, 0.2) is 22.7 Å². The second-order valence-corrected chi connectivity index (χ2v) is 5.74. The molecule has 0 bridgehead atoms. The lowest BCUT2D eigenvalue weighted by Gasteiger charge is -2.28. The summed E-state index contributed by atoms with van der Waals surface area (Å²) >= 11 is 3.42. The first kappa shape index (κ1) is 15.0. The second kappa shape index (κ2) is 6.88. The van der Waals surface area contributed by atoms with E-state index in [1.54, 1.807) is 0 Å². The largest absolute Gasteiger partial charge is 0.464 e. The standard InChI is InChI=1S/C15H18BrNO3/c1-2-3-8-20-15(19)10-17-13-6-5-12(16)9-11(13)4-7-14(17)18/h5-6,9H,2-4,7-8,10H2,1H3. The normalized spacial score (nSPS) is 14.1. The van der Waals surface area contributed by atoms with Gasteiger partial charge in [0.05, 0.1) is 6.61 Å². The lowest BCUT2D eigenvalue weighted by Crippen LogP contribution is -2.39. The van der Waals surface area contributed by atoms with Crippen molar-refractivity contribution in [1.29, 1.82) is 0 Å². The maximum atomic E-state index is 12.0. The minimum absolute atomic E-state index is 0.00280. The molecule has 1 aliphatic rings. The van der Waals surface area contributed by atoms with Gasteiger partial charge in [0.25, 0.3) is 0 Å². The number of fused-ring (bicyclic) bond motifs is 1. The summed E-state index contributed by atoms with van der Waals surface area (Å²) in [7, 11) is 0. The molecule has 4 nitrogen and oxygen atoms in total. The summed E-state index contributed by atoms with van der Waals surface area (Å²) in [6.45, 7) is 2.46. The third-order valence-electron chi connectivity index (χ3n) is 3.29. The number of carbonyl (C=O) groups is 2. The van der Waals surface area contributed by atoms with Crippen molar-refractivity contribution in [2.45, 2.75) is 32.6 Å². The SMILES string of the molecule is CCCCOC(=O)CN1C(=O)CCc2cc(Br)ccc21. The van der Waals surface area contributed by atoms with E-state index in [0.717, 1.165) is 35.0 Å². The molecule has 0 saturated carbocycles. The van der Waals surface area contributed by atoms with Gasteiger partial charge in [-0.3, -0.25) is 9.59 Å². The Morgan fingerprint density at radius 3 is 2.95 bits per heavy atom. The van der Waals surface area contributed by atoms with E-state index in [0.29, 0.717) is 13.0 Å². The number of hydrogen-bond acceptors (Lipinski definition) is 3. The van der Waals surface area contributed by atoms with E-state index >= 15 is 0 Å². The Morgan fingerprint density at radius 1 is 1.40 bits per heavy atom. The number of amides is 1. The molecule has 2 rings (SSSR count). The quantitative estimate of drug-likeness (QED) is 0.611. The van der Waals surface area contributed by atoms with Crippen LogP contribution in [0.25, 0.3) is 0 Å². The third-order valence-corrected chi connectivity index (χ3v) is 3.78. The number of aryl methyl sites for hydroxylation is 1. The molecule has 20 heavy (non-hydrogen) atoms. The van der Waals surface area contributed by atoms with Crippen LogP contribution in [0.5, 0.6) is 0 Å². The van der Waals surface area contributed by atoms with Gasteiger partial charge >= 0.3 is 5.97 Å². The molecule has 1 heterocycles. The second-order valence-electron chi connectivity index (χ2n) is 4.83. The Morgan fingerprint density at radius 2 is 2.20 bits per heavy atom. The van der Waals surface area contributed by atoms with Gasteiger partial charge in [0.15, 0.2) is 0 Å². The van der Waals surface area contributed by atoms with Gasteiger partial charge in [-0.15, -0.1) is 0 Å². The van der Waals surface area contributed by atoms with E-state index in [2.05, 4.69) is 15.9 Å². The van der Waals surface area contributed by atoms with E-state index < -0.39 is 0 Å². The highest BCUT2D eigenvalue weighted by molar-refractivity contribution is 9.10. The van der Waals surface area contributed by atoms with Crippen molar-refractivity contribution in [1.82, 2.24) is 0 Å². The Hall–Kier alpha value is -1.36. The zero-order valence-corrected chi connectivity index (χ0v) is 13.1. The fourth-order valence-electron chi connectivity index (χ4n) is 2.21. The highest BCUT2D eigenvalue weighted by Gasteiger charge is 2.26. The highest BCUT2D eigenvalue weighted by Crippen LogP contribution is 2.30. The number of hydrogen-bond donors (Lipinski definition) is 0. The van der Waals surface area contributed by atoms with Crippen LogP contribution in [0.2, 0.25) is 0 Å². The molecule has 0 N–H and O–H groups in total. The Bertz CT molecular complexity index is 516. The lowest BCUT2D eigenvalue weighted by atomic mass is 10.0. The highest BCUT2D eigenvalue weighted by atomic mass is 79.9. The number of unbranched alkanes of at least 4 members (excludes halogenated alkanes) is 1. The van der Waals surface area contributed by atoms with Crippen LogP contribution in [0.1, 0.15) is 31.7 Å². The molecule has 1 aliphatic heterocycles. The number of ether oxygens (including phenoxy) is 1. The van der Waals surface area contributed by atoms with Gasteiger partial charge in [0.1, 0.15) is 6.54 Å². The predicted molar refractivity (Wildman–Crippen MR) is 80.7 cm³/mol. The molecule has 1 amide bonds. The Balaban J connectivity index is 2.07. The molecule has 5 heteroatoms. The fraction of sp³-hybridized carbons (Fsp3) is 0.467. The van der Waals surface area contributed by atoms with Gasteiger partial charge in [-0.25, -0.2) is 0 Å². The van der Waals surface area contributed by atoms with Crippen molar-refractivity contribution in [3.8, 4) is 0 Å². The van der Waals surface area contributed by atoms with E-state index in [4.69, 9.17) is 4.74 Å². The summed E-state index contributed by atoms with van der Waals surface area (Å²) in [5.74, 6) is -0.366. The van der Waals surface area contributed by atoms with E-state index in [1.807, 2.05) is 25.1 Å². The number of benzene rings is 1. The van der Waals surface area contributed by atoms with Crippen LogP contribution in [-0.4, -0.2) is 25.0 Å². The van der Waals surface area contributed by atoms with Crippen LogP contribution >= 0.6 is 15.9 Å². The minimum atomic E-state index is -0.345. The van der Waals surface area contributed by atoms with Crippen molar-refractivity contribution >= 4 is 33.5 Å². The van der Waals surface area contributed by atoms with Crippen LogP contribution in [0.4, 0.5) is 5.69 Å². The zero-order valence-electron chi connectivity index (χ0n) is 11.5. The van der Waals surface area contributed by atoms with Gasteiger partial charge in [0, 0.05) is 16.6 Å². The van der Waals surface area contributed by atoms with Crippen LogP contribution in [-0.2, 0) is 20.7 Å². The van der Waals surface area contributed by atoms with E-state index in [9.17, 15) is 9.59 Å². The first-order valence-electron chi connectivity index (χ1n) is 6.86. The summed E-state index contributed by atoms with van der Waals surface area (Å²) in [4.78, 5) is 25.3. The van der Waals surface area contributed by atoms with E-state index in [1.165, 1.54) is 4.90 Å². The predicted octanol–water partition coefficient (Wildman–Crippen LogP) is 3.07. The molecule has 0 saturated heterocycles. The van der Waals surface area contributed by atoms with Crippen LogP contribution < -0.4 is 4.90 Å². The molecule has 0 spiro atoms. The first-order chi connectivity index (χ1) is 9.61. The molecular weight excluding hydrogens is 322 g/mol. The molecule has 0 radical (unpaired) electrons. The summed E-state index contributed by atoms with van der Waals surface area (Å²) in [5, 5.41) is 0. The number of carbonyl (C=O) groups excluding carboxylic acids is 2. The molecule has 0 fully saturated rings. The summed E-state index contributed by atoms with van der Waals surface area (Å²) in [6.07, 6.45) is 2.98. The smallest absolute Gasteiger partial charge is 0.326 e. The molecule has 1 aromatic carbocycles. The van der Waals surface area contributed by atoms with Crippen molar-refractivity contribution in [3.63, 3.8) is 0 Å². The van der Waals surface area contributed by atoms with Crippen molar-refractivity contribution < 1.29 is 14.3 Å². The summed E-state index contributed by atoms with van der Waals surface area (Å²) in [5.41, 5.74) is 1.90. The number of rotatable bonds is 5. The van der Waals surface area contributed by atoms with Crippen molar-refractivity contribution in [3.05, 3.63) is 28.2 Å². The van der Waals surface area contributed by atoms with Gasteiger partial charge in [-0.2, -0.15) is 0 Å². The Labute approximate surface area is 127 Å². The fourth-order valence-corrected chi connectivity index (χ4v) is 2.62. The summed E-state index contributed by atoms with van der Waals surface area (Å²) in [6, 6.07) is 5.75. The van der Waals surface area contributed by atoms with Gasteiger partial charge < -0.3 is 9.64 Å². The molecule has 0 aromatic heterocycles. The summed E-state index contributed by atoms with van der Waals surface area (Å²) < 4.78 is 6.11. The average Bonchev–Trinajstić information content (AvgIpc) is 2.42. The maximum Gasteiger partial charge on any atom is 0.326 e. The van der Waals surface area contributed by atoms with E-state index in [-0.39, 0.29) is 18.4 Å². The topological polar surface area (TPSA) is 46.6 Å². The van der Waals surface area contributed by atoms with Gasteiger partial charge in [-0.1, -0.05) is 29.3 Å². The van der Waals surface area contributed by atoms with Crippen LogP contribution in [0.3, 0.4) is 0 Å². The minimum Gasteiger partial charge on any atom is -0.464 e. The molecule has 0 aliphatic carbocycles. The monoisotopic (exact) mass is 339 g/mol. The lowest BCUT2D eigenvalue weighted by molar-refractivity contribution is -0.143. The number of halogens is 1. The maximum absolute atomic E-state index is 12.0. The van der Waals surface area contributed by atoms with Crippen LogP contribution in [0, 0.1) is 0 Å². The number of anilines is 1. The Kier molecular flexibility index (Phi) is 5.17. The molecular formula is C15H18BrNO3.